The molecule has 3 aromatic rings. The number of aryl methyl sites for hydroxylation is 1. The quantitative estimate of drug-likeness (QED) is 0.358. The van der Waals surface area contributed by atoms with E-state index in [9.17, 15) is 24.6 Å². The lowest BCUT2D eigenvalue weighted by Crippen LogP contribution is -2.44. The molecule has 0 fully saturated rings. The second-order valence-corrected chi connectivity index (χ2v) is 9.93. The summed E-state index contributed by atoms with van der Waals surface area (Å²) in [4.78, 5) is 42.9. The summed E-state index contributed by atoms with van der Waals surface area (Å²) in [7, 11) is 0. The molecule has 10 heteroatoms. The van der Waals surface area contributed by atoms with E-state index in [4.69, 9.17) is 21.3 Å². The summed E-state index contributed by atoms with van der Waals surface area (Å²) >= 11 is 6.61. The van der Waals surface area contributed by atoms with Crippen LogP contribution in [-0.2, 0) is 52.5 Å². The van der Waals surface area contributed by atoms with Gasteiger partial charge in [0.25, 0.3) is 5.56 Å². The average molecular weight is 510 g/mol. The molecule has 4 heterocycles. The molecule has 0 unspecified atom stereocenters. The Hall–Kier alpha value is -3.27. The minimum Gasteiger partial charge on any atom is -0.458 e. The maximum Gasteiger partial charge on any atom is 0.343 e. The molecule has 1 atom stereocenters. The lowest BCUT2D eigenvalue weighted by molar-refractivity contribution is -0.172. The summed E-state index contributed by atoms with van der Waals surface area (Å²) in [5.41, 5.74) is 3.70. The molecule has 1 aliphatic carbocycles. The van der Waals surface area contributed by atoms with Crippen molar-refractivity contribution in [2.45, 2.75) is 57.9 Å². The van der Waals surface area contributed by atoms with Gasteiger partial charge in [-0.1, -0.05) is 18.5 Å². The first kappa shape index (κ1) is 23.1. The first-order valence-electron chi connectivity index (χ1n) is 12.0. The summed E-state index contributed by atoms with van der Waals surface area (Å²) in [5, 5.41) is 24.7. The molecule has 9 nitrogen and oxygen atoms in total. The second kappa shape index (κ2) is 8.12. The number of hydrogen-bond acceptors (Lipinski definition) is 7. The molecule has 2 aromatic heterocycles. The first-order valence-corrected chi connectivity index (χ1v) is 12.4. The second-order valence-electron chi connectivity index (χ2n) is 9.52. The van der Waals surface area contributed by atoms with Gasteiger partial charge in [-0.05, 0) is 54.5 Å². The Labute approximate surface area is 210 Å². The van der Waals surface area contributed by atoms with Gasteiger partial charge >= 0.3 is 5.97 Å². The van der Waals surface area contributed by atoms with Crippen molar-refractivity contribution in [3.8, 4) is 11.4 Å². The largest absolute Gasteiger partial charge is 0.458 e. The highest BCUT2D eigenvalue weighted by Gasteiger charge is 2.45. The van der Waals surface area contributed by atoms with E-state index in [0.29, 0.717) is 21.9 Å². The lowest BCUT2D eigenvalue weighted by Gasteiger charge is -2.31. The maximum atomic E-state index is 13.6. The van der Waals surface area contributed by atoms with Crippen molar-refractivity contribution in [2.24, 2.45) is 0 Å². The van der Waals surface area contributed by atoms with Gasteiger partial charge in [-0.3, -0.25) is 9.59 Å². The Morgan fingerprint density at radius 1 is 1.22 bits per heavy atom. The van der Waals surface area contributed by atoms with E-state index in [1.165, 1.54) is 0 Å². The van der Waals surface area contributed by atoms with E-state index in [0.717, 1.165) is 46.9 Å². The van der Waals surface area contributed by atoms with E-state index in [1.807, 2.05) is 6.07 Å². The first-order chi connectivity index (χ1) is 17.3. The third-order valence-corrected chi connectivity index (χ3v) is 8.06. The Kier molecular flexibility index (Phi) is 5.22. The fourth-order valence-electron chi connectivity index (χ4n) is 5.85. The molecule has 0 saturated carbocycles. The zero-order valence-corrected chi connectivity index (χ0v) is 20.4. The molecule has 186 valence electrons. The van der Waals surface area contributed by atoms with Crippen LogP contribution >= 0.6 is 11.6 Å². The van der Waals surface area contributed by atoms with Gasteiger partial charge in [0.05, 0.1) is 29.0 Å². The summed E-state index contributed by atoms with van der Waals surface area (Å²) in [6.07, 6.45) is 2.71. The SMILES string of the molecule is CC[C@@]1(O)C(=O)OCc2c1cc1n(c2=O)Cc2c-1nc1cc(Cl)c3c(c1c2CNC(=O)CO)CCC3. The van der Waals surface area contributed by atoms with Crippen LogP contribution in [0.2, 0.25) is 5.02 Å². The van der Waals surface area contributed by atoms with E-state index in [2.05, 4.69) is 5.32 Å². The van der Waals surface area contributed by atoms with Gasteiger partial charge in [-0.2, -0.15) is 0 Å². The smallest absolute Gasteiger partial charge is 0.343 e. The van der Waals surface area contributed by atoms with Gasteiger partial charge in [0.15, 0.2) is 5.60 Å². The number of esters is 1. The van der Waals surface area contributed by atoms with E-state index < -0.39 is 24.1 Å². The molecule has 0 radical (unpaired) electrons. The number of hydrogen-bond donors (Lipinski definition) is 3. The van der Waals surface area contributed by atoms with Crippen molar-refractivity contribution in [1.29, 1.82) is 0 Å². The molecule has 6 rings (SSSR count). The number of nitrogens with zero attached hydrogens (tertiary/aromatic N) is 2. The van der Waals surface area contributed by atoms with Crippen LogP contribution in [-0.4, -0.2) is 38.2 Å². The third kappa shape index (κ3) is 3.09. The van der Waals surface area contributed by atoms with Crippen LogP contribution in [0.4, 0.5) is 0 Å². The number of halogens is 1. The number of ether oxygens (including phenoxy) is 1. The van der Waals surface area contributed by atoms with Gasteiger partial charge in [0, 0.05) is 28.1 Å². The van der Waals surface area contributed by atoms with Crippen LogP contribution in [0.5, 0.6) is 0 Å². The molecule has 0 saturated heterocycles. The predicted octanol–water partition coefficient (Wildman–Crippen LogP) is 1.83. The molecule has 1 amide bonds. The van der Waals surface area contributed by atoms with Crippen molar-refractivity contribution < 1.29 is 24.5 Å². The minimum atomic E-state index is -1.91. The molecular weight excluding hydrogens is 486 g/mol. The summed E-state index contributed by atoms with van der Waals surface area (Å²) in [6, 6.07) is 3.48. The van der Waals surface area contributed by atoms with Crippen LogP contribution < -0.4 is 10.9 Å². The molecule has 0 bridgehead atoms. The average Bonchev–Trinajstić information content (AvgIpc) is 3.50. The number of pyridine rings is 2. The van der Waals surface area contributed by atoms with E-state index in [1.54, 1.807) is 17.6 Å². The van der Waals surface area contributed by atoms with Crippen molar-refractivity contribution in [2.75, 3.05) is 6.61 Å². The minimum absolute atomic E-state index is 0.0555. The van der Waals surface area contributed by atoms with Gasteiger partial charge in [-0.15, -0.1) is 0 Å². The van der Waals surface area contributed by atoms with E-state index >= 15 is 0 Å². The van der Waals surface area contributed by atoms with Crippen molar-refractivity contribution >= 4 is 34.4 Å². The zero-order chi connectivity index (χ0) is 25.4. The fraction of sp³-hybridized carbons (Fsp3) is 0.385. The van der Waals surface area contributed by atoms with Crippen LogP contribution in [0, 0.1) is 0 Å². The topological polar surface area (TPSA) is 131 Å². The van der Waals surface area contributed by atoms with Gasteiger partial charge in [0.2, 0.25) is 5.91 Å². The Bertz CT molecular complexity index is 1560. The monoisotopic (exact) mass is 509 g/mol. The Morgan fingerprint density at radius 3 is 2.75 bits per heavy atom. The molecule has 3 aliphatic rings. The van der Waals surface area contributed by atoms with Crippen LogP contribution in [0.25, 0.3) is 22.3 Å². The number of carbonyl (C=O) groups is 2. The van der Waals surface area contributed by atoms with Crippen LogP contribution in [0.15, 0.2) is 16.9 Å². The van der Waals surface area contributed by atoms with E-state index in [-0.39, 0.29) is 42.8 Å². The zero-order valence-electron chi connectivity index (χ0n) is 19.6. The number of fused-ring (bicyclic) bond motifs is 7. The number of benzene rings is 1. The standard InChI is InChI=1S/C26H24ClN3O6/c1-2-26(35)17-6-20-23-15(9-30(20)24(33)16(17)11-36-25(26)34)14(8-28-21(32)10-31)22-13-5-3-4-12(13)18(27)7-19(22)29-23/h6-7,31,35H,2-5,8-11H2,1H3,(H,28,32)/t26-/m0/s1. The Morgan fingerprint density at radius 2 is 2.00 bits per heavy atom. The highest BCUT2D eigenvalue weighted by atomic mass is 35.5. The maximum absolute atomic E-state index is 13.6. The summed E-state index contributed by atoms with van der Waals surface area (Å²) < 4.78 is 6.73. The Balaban J connectivity index is 1.64. The summed E-state index contributed by atoms with van der Waals surface area (Å²) in [5.74, 6) is -1.28. The number of nitrogens with one attached hydrogen (secondary N) is 1. The number of aliphatic hydroxyl groups excluding tert-OH is 1. The highest BCUT2D eigenvalue weighted by Crippen LogP contribution is 2.43. The van der Waals surface area contributed by atoms with Crippen molar-refractivity contribution in [3.05, 3.63) is 60.9 Å². The molecule has 0 spiro atoms. The molecule has 1 aromatic carbocycles. The highest BCUT2D eigenvalue weighted by molar-refractivity contribution is 6.32. The fourth-order valence-corrected chi connectivity index (χ4v) is 6.17. The number of amides is 1. The van der Waals surface area contributed by atoms with Gasteiger partial charge in [-0.25, -0.2) is 9.78 Å². The van der Waals surface area contributed by atoms with Crippen molar-refractivity contribution in [1.82, 2.24) is 14.9 Å². The van der Waals surface area contributed by atoms with Crippen molar-refractivity contribution in [3.63, 3.8) is 0 Å². The van der Waals surface area contributed by atoms with Gasteiger partial charge in [0.1, 0.15) is 13.2 Å². The normalized spacial score (nSPS) is 19.5. The predicted molar refractivity (Wildman–Crippen MR) is 130 cm³/mol. The third-order valence-electron chi connectivity index (χ3n) is 7.72. The number of cyclic esters (lactones) is 1. The molecule has 3 N–H and O–H groups in total. The van der Waals surface area contributed by atoms with Crippen LogP contribution in [0.3, 0.4) is 0 Å². The summed E-state index contributed by atoms with van der Waals surface area (Å²) in [6.45, 7) is 1.19. The number of aromatic nitrogens is 2. The number of aliphatic hydroxyl groups is 2. The molecule has 2 aliphatic heterocycles. The number of carbonyl (C=O) groups excluding carboxylic acids is 2. The van der Waals surface area contributed by atoms with Gasteiger partial charge < -0.3 is 24.8 Å². The number of rotatable bonds is 4. The lowest BCUT2D eigenvalue weighted by atomic mass is 9.86. The molecular formula is C26H24ClN3O6. The van der Waals surface area contributed by atoms with Crippen LogP contribution in [0.1, 0.15) is 53.1 Å². The molecule has 36 heavy (non-hydrogen) atoms.